The highest BCUT2D eigenvalue weighted by Gasteiger charge is 2.17. The minimum Gasteiger partial charge on any atom is -0.369 e. The third-order valence-corrected chi connectivity index (χ3v) is 4.36. The molecule has 0 amide bonds. The summed E-state index contributed by atoms with van der Waals surface area (Å²) in [5, 5.41) is 0. The molecular weight excluding hydrogens is 306 g/mol. The molecule has 1 atom stereocenters. The van der Waals surface area contributed by atoms with Crippen LogP contribution in [0.3, 0.4) is 0 Å². The van der Waals surface area contributed by atoms with E-state index in [2.05, 4.69) is 66.5 Å². The molecule has 0 aliphatic carbocycles. The molecule has 2 nitrogen and oxygen atoms in total. The Morgan fingerprint density at radius 3 is 2.40 bits per heavy atom. The molecule has 0 spiro atoms. The average Bonchev–Trinajstić information content (AvgIpc) is 2.70. The van der Waals surface area contributed by atoms with Gasteiger partial charge in [-0.15, -0.1) is 0 Å². The molecule has 0 aliphatic rings. The van der Waals surface area contributed by atoms with Crippen LogP contribution in [0, 0.1) is 0 Å². The van der Waals surface area contributed by atoms with Gasteiger partial charge >= 0.3 is 0 Å². The molecule has 2 aromatic carbocycles. The van der Waals surface area contributed by atoms with Gasteiger partial charge in [0.15, 0.2) is 0 Å². The molecule has 1 heterocycles. The monoisotopic (exact) mass is 331 g/mol. The van der Waals surface area contributed by atoms with Crippen molar-refractivity contribution in [3.63, 3.8) is 0 Å². The van der Waals surface area contributed by atoms with E-state index in [1.54, 1.807) is 0 Å². The number of hydrogen-bond donors (Lipinski definition) is 0. The fourth-order valence-corrected chi connectivity index (χ4v) is 3.02. The van der Waals surface area contributed by atoms with Crippen molar-refractivity contribution in [1.82, 2.24) is 4.98 Å². The minimum atomic E-state index is 0.0818. The third-order valence-electron chi connectivity index (χ3n) is 4.36. The molecule has 0 N–H and O–H groups in total. The quantitative estimate of drug-likeness (QED) is 0.490. The number of rotatable bonds is 8. The first-order valence-corrected chi connectivity index (χ1v) is 9.04. The Labute approximate surface area is 150 Å². The second kappa shape index (κ2) is 9.14. The van der Waals surface area contributed by atoms with E-state index >= 15 is 0 Å². The highest BCUT2D eigenvalue weighted by atomic mass is 16.5. The Morgan fingerprint density at radius 1 is 0.880 bits per heavy atom. The first-order valence-electron chi connectivity index (χ1n) is 9.04. The molecule has 0 unspecified atom stereocenters. The summed E-state index contributed by atoms with van der Waals surface area (Å²) in [4.78, 5) is 4.54. The Bertz CT molecular complexity index is 755. The van der Waals surface area contributed by atoms with Gasteiger partial charge in [0.25, 0.3) is 0 Å². The van der Waals surface area contributed by atoms with Crippen LogP contribution < -0.4 is 0 Å². The molecule has 0 saturated carbocycles. The number of pyridine rings is 1. The van der Waals surface area contributed by atoms with Gasteiger partial charge < -0.3 is 4.74 Å². The molecule has 0 radical (unpaired) electrons. The van der Waals surface area contributed by atoms with Crippen molar-refractivity contribution < 1.29 is 4.74 Å². The van der Waals surface area contributed by atoms with Gasteiger partial charge in [-0.2, -0.15) is 0 Å². The smallest absolute Gasteiger partial charge is 0.0836 e. The zero-order valence-electron chi connectivity index (χ0n) is 14.8. The second-order valence-corrected chi connectivity index (χ2v) is 6.23. The standard InChI is InChI=1S/C23H25NO/c1-2-3-16-23(25-18-19-11-5-4-6-12-19)21-14-8-7-13-20(21)22-15-9-10-17-24-22/h4-15,17,23H,2-3,16,18H2,1H3/t23-/m0/s1. The van der Waals surface area contributed by atoms with Crippen LogP contribution in [0.5, 0.6) is 0 Å². The van der Waals surface area contributed by atoms with Crippen LogP contribution in [0.15, 0.2) is 79.0 Å². The number of nitrogens with zero attached hydrogens (tertiary/aromatic N) is 1. The molecule has 0 fully saturated rings. The summed E-state index contributed by atoms with van der Waals surface area (Å²) in [5.74, 6) is 0. The molecule has 2 heteroatoms. The maximum absolute atomic E-state index is 6.35. The molecule has 128 valence electrons. The van der Waals surface area contributed by atoms with Crippen molar-refractivity contribution >= 4 is 0 Å². The SMILES string of the molecule is CCCC[C@H](OCc1ccccc1)c1ccccc1-c1ccccn1. The molecule has 0 saturated heterocycles. The summed E-state index contributed by atoms with van der Waals surface area (Å²) >= 11 is 0. The van der Waals surface area contributed by atoms with E-state index in [4.69, 9.17) is 4.74 Å². The van der Waals surface area contributed by atoms with Crippen molar-refractivity contribution in [1.29, 1.82) is 0 Å². The summed E-state index contributed by atoms with van der Waals surface area (Å²) in [6.07, 6.45) is 5.26. The number of ether oxygens (including phenoxy) is 1. The fraction of sp³-hybridized carbons (Fsp3) is 0.261. The number of unbranched alkanes of at least 4 members (excludes halogenated alkanes) is 1. The van der Waals surface area contributed by atoms with Gasteiger partial charge in [0, 0.05) is 11.8 Å². The molecule has 0 aliphatic heterocycles. The Kier molecular flexibility index (Phi) is 6.35. The summed E-state index contributed by atoms with van der Waals surface area (Å²) in [5.41, 5.74) is 4.60. The van der Waals surface area contributed by atoms with Crippen LogP contribution >= 0.6 is 0 Å². The summed E-state index contributed by atoms with van der Waals surface area (Å²) < 4.78 is 6.35. The average molecular weight is 331 g/mol. The van der Waals surface area contributed by atoms with Crippen LogP contribution in [0.1, 0.15) is 43.4 Å². The molecule has 1 aromatic heterocycles. The lowest BCUT2D eigenvalue weighted by molar-refractivity contribution is 0.0328. The van der Waals surface area contributed by atoms with Crippen LogP contribution in [0.4, 0.5) is 0 Å². The van der Waals surface area contributed by atoms with E-state index in [1.807, 2.05) is 24.4 Å². The normalized spacial score (nSPS) is 12.0. The van der Waals surface area contributed by atoms with Gasteiger partial charge in [-0.25, -0.2) is 0 Å². The van der Waals surface area contributed by atoms with Gasteiger partial charge in [0.2, 0.25) is 0 Å². The number of aromatic nitrogens is 1. The Hall–Kier alpha value is -2.45. The first-order chi connectivity index (χ1) is 12.4. The zero-order chi connectivity index (χ0) is 17.3. The van der Waals surface area contributed by atoms with Crippen LogP contribution in [-0.4, -0.2) is 4.98 Å². The molecular formula is C23H25NO. The zero-order valence-corrected chi connectivity index (χ0v) is 14.8. The summed E-state index contributed by atoms with van der Waals surface area (Å²) in [7, 11) is 0. The van der Waals surface area contributed by atoms with Crippen LogP contribution in [-0.2, 0) is 11.3 Å². The van der Waals surface area contributed by atoms with Crippen molar-refractivity contribution in [3.05, 3.63) is 90.1 Å². The summed E-state index contributed by atoms with van der Waals surface area (Å²) in [6.45, 7) is 2.85. The van der Waals surface area contributed by atoms with E-state index in [0.29, 0.717) is 6.61 Å². The minimum absolute atomic E-state index is 0.0818. The van der Waals surface area contributed by atoms with E-state index in [9.17, 15) is 0 Å². The molecule has 3 rings (SSSR count). The maximum Gasteiger partial charge on any atom is 0.0836 e. The number of benzene rings is 2. The second-order valence-electron chi connectivity index (χ2n) is 6.23. The van der Waals surface area contributed by atoms with Crippen molar-refractivity contribution in [2.75, 3.05) is 0 Å². The predicted octanol–water partition coefficient (Wildman–Crippen LogP) is 6.20. The highest BCUT2D eigenvalue weighted by molar-refractivity contribution is 5.64. The largest absolute Gasteiger partial charge is 0.369 e. The predicted molar refractivity (Wildman–Crippen MR) is 103 cm³/mol. The third kappa shape index (κ3) is 4.77. The summed E-state index contributed by atoms with van der Waals surface area (Å²) in [6, 6.07) is 24.9. The topological polar surface area (TPSA) is 22.1 Å². The van der Waals surface area contributed by atoms with Crippen LogP contribution in [0.2, 0.25) is 0 Å². The maximum atomic E-state index is 6.35. The lowest BCUT2D eigenvalue weighted by Crippen LogP contribution is -2.07. The van der Waals surface area contributed by atoms with Crippen molar-refractivity contribution in [2.24, 2.45) is 0 Å². The van der Waals surface area contributed by atoms with E-state index in [-0.39, 0.29) is 6.10 Å². The van der Waals surface area contributed by atoms with E-state index in [1.165, 1.54) is 11.1 Å². The Morgan fingerprint density at radius 2 is 1.64 bits per heavy atom. The van der Waals surface area contributed by atoms with Gasteiger partial charge in [0.05, 0.1) is 18.4 Å². The van der Waals surface area contributed by atoms with E-state index < -0.39 is 0 Å². The van der Waals surface area contributed by atoms with Gasteiger partial charge in [-0.3, -0.25) is 4.98 Å². The number of hydrogen-bond acceptors (Lipinski definition) is 2. The molecule has 0 bridgehead atoms. The lowest BCUT2D eigenvalue weighted by atomic mass is 9.96. The van der Waals surface area contributed by atoms with Crippen molar-refractivity contribution in [2.45, 2.75) is 38.9 Å². The van der Waals surface area contributed by atoms with E-state index in [0.717, 1.165) is 30.5 Å². The van der Waals surface area contributed by atoms with Crippen molar-refractivity contribution in [3.8, 4) is 11.3 Å². The van der Waals surface area contributed by atoms with Gasteiger partial charge in [0.1, 0.15) is 0 Å². The molecule has 3 aromatic rings. The highest BCUT2D eigenvalue weighted by Crippen LogP contribution is 2.32. The van der Waals surface area contributed by atoms with Gasteiger partial charge in [-0.1, -0.05) is 80.4 Å². The Balaban J connectivity index is 1.86. The molecule has 25 heavy (non-hydrogen) atoms. The van der Waals surface area contributed by atoms with Crippen LogP contribution in [0.25, 0.3) is 11.3 Å². The van der Waals surface area contributed by atoms with Gasteiger partial charge in [-0.05, 0) is 29.7 Å². The fourth-order valence-electron chi connectivity index (χ4n) is 3.02. The first kappa shape index (κ1) is 17.4. The lowest BCUT2D eigenvalue weighted by Gasteiger charge is -2.21.